The Labute approximate surface area is 193 Å². The summed E-state index contributed by atoms with van der Waals surface area (Å²) >= 11 is 0. The monoisotopic (exact) mass is 515 g/mol. The van der Waals surface area contributed by atoms with Gasteiger partial charge in [0.2, 0.25) is 0 Å². The van der Waals surface area contributed by atoms with E-state index in [1.807, 2.05) is 43.3 Å². The topological polar surface area (TPSA) is 68.8 Å². The Morgan fingerprint density at radius 3 is 2.52 bits per heavy atom. The summed E-state index contributed by atoms with van der Waals surface area (Å²) in [7, 11) is 5.79. The fourth-order valence-corrected chi connectivity index (χ4v) is 3.78. The number of guanidine groups is 1. The number of rotatable bonds is 9. The zero-order valence-corrected chi connectivity index (χ0v) is 20.7. The van der Waals surface area contributed by atoms with Gasteiger partial charge in [-0.3, -0.25) is 9.79 Å². The summed E-state index contributed by atoms with van der Waals surface area (Å²) in [6.45, 7) is 5.37. The number of halogens is 1. The van der Waals surface area contributed by atoms with Crippen LogP contribution in [0.25, 0.3) is 0 Å². The molecule has 0 aromatic heterocycles. The van der Waals surface area contributed by atoms with Crippen molar-refractivity contribution in [2.24, 2.45) is 10.4 Å². The molecule has 3 N–H and O–H groups in total. The van der Waals surface area contributed by atoms with Crippen molar-refractivity contribution in [2.75, 3.05) is 40.8 Å². The first-order valence-electron chi connectivity index (χ1n) is 10.4. The van der Waals surface area contributed by atoms with Gasteiger partial charge in [-0.1, -0.05) is 31.9 Å². The van der Waals surface area contributed by atoms with Crippen LogP contribution in [0.15, 0.2) is 29.3 Å². The van der Waals surface area contributed by atoms with Gasteiger partial charge >= 0.3 is 0 Å². The standard InChI is InChI=1S/C22H37N5O.HI/c1-5-22(11-6-7-12-22)17-26-21(23-2)25-16-18-9-8-10-19(15-18)20(28)24-13-14-27(3)4;/h8-10,15H,5-7,11-14,16-17H2,1-4H3,(H,24,28)(H2,23,25,26);1H. The SMILES string of the molecule is CCC1(CNC(=NC)NCc2cccc(C(=O)NCCN(C)C)c2)CCCC1.I. The number of hydrogen-bond donors (Lipinski definition) is 3. The maximum atomic E-state index is 12.3. The maximum absolute atomic E-state index is 12.3. The van der Waals surface area contributed by atoms with E-state index in [9.17, 15) is 4.79 Å². The second-order valence-corrected chi connectivity index (χ2v) is 8.10. The molecule has 7 heteroatoms. The number of hydrogen-bond acceptors (Lipinski definition) is 3. The third kappa shape index (κ3) is 8.50. The van der Waals surface area contributed by atoms with E-state index in [-0.39, 0.29) is 29.9 Å². The first-order chi connectivity index (χ1) is 13.5. The van der Waals surface area contributed by atoms with Crippen molar-refractivity contribution < 1.29 is 4.79 Å². The van der Waals surface area contributed by atoms with Crippen molar-refractivity contribution in [1.29, 1.82) is 0 Å². The normalized spacial score (nSPS) is 15.7. The lowest BCUT2D eigenvalue weighted by molar-refractivity contribution is 0.0951. The van der Waals surface area contributed by atoms with Crippen LogP contribution in [0.2, 0.25) is 0 Å². The zero-order chi connectivity index (χ0) is 20.4. The molecule has 6 nitrogen and oxygen atoms in total. The molecule has 0 atom stereocenters. The molecule has 0 saturated heterocycles. The molecule has 1 fully saturated rings. The van der Waals surface area contributed by atoms with Crippen LogP contribution < -0.4 is 16.0 Å². The van der Waals surface area contributed by atoms with Gasteiger partial charge in [0.25, 0.3) is 5.91 Å². The van der Waals surface area contributed by atoms with Crippen molar-refractivity contribution in [1.82, 2.24) is 20.9 Å². The van der Waals surface area contributed by atoms with Gasteiger partial charge in [0.1, 0.15) is 0 Å². The van der Waals surface area contributed by atoms with Gasteiger partial charge in [0.15, 0.2) is 5.96 Å². The molecular formula is C22H38IN5O. The average Bonchev–Trinajstić information content (AvgIpc) is 3.17. The van der Waals surface area contributed by atoms with Crippen LogP contribution in [0.4, 0.5) is 0 Å². The Balaban J connectivity index is 0.00000420. The molecule has 1 aliphatic carbocycles. The second kappa shape index (κ2) is 13.1. The van der Waals surface area contributed by atoms with Crippen molar-refractivity contribution in [2.45, 2.75) is 45.6 Å². The van der Waals surface area contributed by atoms with Gasteiger partial charge in [-0.05, 0) is 56.5 Å². The first-order valence-corrected chi connectivity index (χ1v) is 10.4. The molecule has 0 bridgehead atoms. The molecule has 0 radical (unpaired) electrons. The highest BCUT2D eigenvalue weighted by atomic mass is 127. The number of benzene rings is 1. The van der Waals surface area contributed by atoms with E-state index >= 15 is 0 Å². The average molecular weight is 515 g/mol. The van der Waals surface area contributed by atoms with Crippen molar-refractivity contribution >= 4 is 35.8 Å². The molecule has 29 heavy (non-hydrogen) atoms. The van der Waals surface area contributed by atoms with Crippen LogP contribution in [-0.4, -0.2) is 57.5 Å². The maximum Gasteiger partial charge on any atom is 0.251 e. The summed E-state index contributed by atoms with van der Waals surface area (Å²) < 4.78 is 0. The molecule has 1 amide bonds. The summed E-state index contributed by atoms with van der Waals surface area (Å²) in [5.74, 6) is 0.790. The molecule has 2 rings (SSSR count). The van der Waals surface area contributed by atoms with Crippen LogP contribution in [0, 0.1) is 5.41 Å². The minimum absolute atomic E-state index is 0. The molecule has 0 aliphatic heterocycles. The fourth-order valence-electron chi connectivity index (χ4n) is 3.78. The van der Waals surface area contributed by atoms with Gasteiger partial charge in [-0.2, -0.15) is 0 Å². The highest BCUT2D eigenvalue weighted by molar-refractivity contribution is 14.0. The van der Waals surface area contributed by atoms with E-state index in [1.54, 1.807) is 7.05 Å². The smallest absolute Gasteiger partial charge is 0.251 e. The number of likely N-dealkylation sites (N-methyl/N-ethyl adjacent to an activating group) is 1. The molecule has 0 unspecified atom stereocenters. The Morgan fingerprint density at radius 2 is 1.90 bits per heavy atom. The molecule has 1 aromatic carbocycles. The van der Waals surface area contributed by atoms with Crippen LogP contribution >= 0.6 is 24.0 Å². The Kier molecular flexibility index (Phi) is 11.6. The minimum Gasteiger partial charge on any atom is -0.356 e. The summed E-state index contributed by atoms with van der Waals surface area (Å²) in [6, 6.07) is 7.75. The second-order valence-electron chi connectivity index (χ2n) is 8.10. The van der Waals surface area contributed by atoms with E-state index < -0.39 is 0 Å². The number of carbonyl (C=O) groups is 1. The van der Waals surface area contributed by atoms with Gasteiger partial charge in [0, 0.05) is 38.8 Å². The van der Waals surface area contributed by atoms with Gasteiger partial charge in [0.05, 0.1) is 0 Å². The highest BCUT2D eigenvalue weighted by Crippen LogP contribution is 2.40. The Morgan fingerprint density at radius 1 is 1.17 bits per heavy atom. The molecule has 1 saturated carbocycles. The Hall–Kier alpha value is -1.35. The van der Waals surface area contributed by atoms with Crippen molar-refractivity contribution in [3.8, 4) is 0 Å². The number of nitrogens with zero attached hydrogens (tertiary/aromatic N) is 2. The van der Waals surface area contributed by atoms with Crippen LogP contribution in [0.5, 0.6) is 0 Å². The molecule has 1 aliphatic rings. The third-order valence-electron chi connectivity index (χ3n) is 5.76. The predicted molar refractivity (Wildman–Crippen MR) is 132 cm³/mol. The minimum atomic E-state index is -0.0303. The quantitative estimate of drug-likeness (QED) is 0.269. The van der Waals surface area contributed by atoms with E-state index in [4.69, 9.17) is 0 Å². The number of carbonyl (C=O) groups excluding carboxylic acids is 1. The molecule has 1 aromatic rings. The van der Waals surface area contributed by atoms with Crippen molar-refractivity contribution in [3.05, 3.63) is 35.4 Å². The summed E-state index contributed by atoms with van der Waals surface area (Å²) in [5, 5.41) is 9.84. The van der Waals surface area contributed by atoms with Crippen LogP contribution in [-0.2, 0) is 6.54 Å². The lowest BCUT2D eigenvalue weighted by Crippen LogP contribution is -2.42. The van der Waals surface area contributed by atoms with Gasteiger partial charge < -0.3 is 20.9 Å². The lowest BCUT2D eigenvalue weighted by atomic mass is 9.83. The van der Waals surface area contributed by atoms with Crippen LogP contribution in [0.3, 0.4) is 0 Å². The van der Waals surface area contributed by atoms with Crippen molar-refractivity contribution in [3.63, 3.8) is 0 Å². The molecule has 164 valence electrons. The highest BCUT2D eigenvalue weighted by Gasteiger charge is 2.31. The predicted octanol–water partition coefficient (Wildman–Crippen LogP) is 3.23. The molecular weight excluding hydrogens is 477 g/mol. The molecule has 0 heterocycles. The number of amides is 1. The lowest BCUT2D eigenvalue weighted by Gasteiger charge is -2.28. The summed E-state index contributed by atoms with van der Waals surface area (Å²) in [4.78, 5) is 18.7. The largest absolute Gasteiger partial charge is 0.356 e. The van der Waals surface area contributed by atoms with E-state index in [2.05, 4.69) is 27.9 Å². The van der Waals surface area contributed by atoms with E-state index in [1.165, 1.54) is 32.1 Å². The zero-order valence-electron chi connectivity index (χ0n) is 18.4. The number of aliphatic imine (C=N–C) groups is 1. The summed E-state index contributed by atoms with van der Waals surface area (Å²) in [6.07, 6.45) is 6.49. The fraction of sp³-hybridized carbons (Fsp3) is 0.636. The molecule has 0 spiro atoms. The van der Waals surface area contributed by atoms with Gasteiger partial charge in [-0.25, -0.2) is 0 Å². The van der Waals surface area contributed by atoms with Gasteiger partial charge in [-0.15, -0.1) is 24.0 Å². The summed E-state index contributed by atoms with van der Waals surface area (Å²) in [5.41, 5.74) is 2.17. The Bertz CT molecular complexity index is 656. The first kappa shape index (κ1) is 25.7. The van der Waals surface area contributed by atoms with Crippen LogP contribution in [0.1, 0.15) is 54.9 Å². The third-order valence-corrected chi connectivity index (χ3v) is 5.76. The van der Waals surface area contributed by atoms with E-state index in [0.29, 0.717) is 24.1 Å². The number of nitrogens with one attached hydrogen (secondary N) is 3. The van der Waals surface area contributed by atoms with E-state index in [0.717, 1.165) is 24.6 Å².